The van der Waals surface area contributed by atoms with E-state index in [1.165, 1.54) is 5.69 Å². The fourth-order valence-electron chi connectivity index (χ4n) is 2.88. The number of nitrogens with zero attached hydrogens (tertiary/aromatic N) is 1. The van der Waals surface area contributed by atoms with E-state index < -0.39 is 0 Å². The molecule has 1 saturated heterocycles. The lowest BCUT2D eigenvalue weighted by molar-refractivity contribution is 0.101. The Kier molecular flexibility index (Phi) is 3.44. The Morgan fingerprint density at radius 3 is 2.44 bits per heavy atom. The average Bonchev–Trinajstić information content (AvgIpc) is 2.64. The molecule has 0 amide bonds. The highest BCUT2D eigenvalue weighted by Crippen LogP contribution is 2.36. The molecule has 1 unspecified atom stereocenters. The van der Waals surface area contributed by atoms with Crippen LogP contribution in [0.15, 0.2) is 24.3 Å². The zero-order chi connectivity index (χ0) is 13.3. The first-order chi connectivity index (χ1) is 8.44. The lowest BCUT2D eigenvalue weighted by Gasteiger charge is -2.33. The second-order valence-electron chi connectivity index (χ2n) is 5.83. The molecule has 98 valence electrons. The number of nitrogens with two attached hydrogens (primary N) is 1. The van der Waals surface area contributed by atoms with Crippen LogP contribution < -0.4 is 10.6 Å². The number of anilines is 1. The monoisotopic (exact) mass is 246 g/mol. The Bertz CT molecular complexity index is 436. The normalized spacial score (nSPS) is 22.2. The summed E-state index contributed by atoms with van der Waals surface area (Å²) >= 11 is 0. The van der Waals surface area contributed by atoms with Gasteiger partial charge in [0.1, 0.15) is 0 Å². The molecule has 1 atom stereocenters. The molecule has 1 aromatic rings. The minimum atomic E-state index is 0.113. The quantitative estimate of drug-likeness (QED) is 0.833. The van der Waals surface area contributed by atoms with Gasteiger partial charge in [0.05, 0.1) is 0 Å². The van der Waals surface area contributed by atoms with E-state index >= 15 is 0 Å². The van der Waals surface area contributed by atoms with Crippen molar-refractivity contribution in [2.24, 2.45) is 11.7 Å². The zero-order valence-corrected chi connectivity index (χ0v) is 11.4. The number of Topliss-reactive ketones (excluding diaryl/α,β-unsaturated/α-hetero) is 1. The van der Waals surface area contributed by atoms with Crippen LogP contribution >= 0.6 is 0 Å². The first-order valence-electron chi connectivity index (χ1n) is 6.53. The van der Waals surface area contributed by atoms with Gasteiger partial charge < -0.3 is 10.6 Å². The Morgan fingerprint density at radius 2 is 2.00 bits per heavy atom. The molecule has 2 N–H and O–H groups in total. The second kappa shape index (κ2) is 4.73. The van der Waals surface area contributed by atoms with Crippen molar-refractivity contribution < 1.29 is 4.79 Å². The average molecular weight is 246 g/mol. The van der Waals surface area contributed by atoms with E-state index in [0.717, 1.165) is 25.1 Å². The van der Waals surface area contributed by atoms with Gasteiger partial charge in [-0.05, 0) is 63.9 Å². The molecule has 1 aliphatic rings. The van der Waals surface area contributed by atoms with Gasteiger partial charge in [-0.2, -0.15) is 0 Å². The molecule has 1 aliphatic heterocycles. The predicted molar refractivity (Wildman–Crippen MR) is 75.0 cm³/mol. The smallest absolute Gasteiger partial charge is 0.159 e. The van der Waals surface area contributed by atoms with Gasteiger partial charge in [-0.25, -0.2) is 0 Å². The summed E-state index contributed by atoms with van der Waals surface area (Å²) in [5.41, 5.74) is 7.88. The van der Waals surface area contributed by atoms with Crippen molar-refractivity contribution in [2.45, 2.75) is 32.7 Å². The van der Waals surface area contributed by atoms with Crippen LogP contribution in [0.5, 0.6) is 0 Å². The Labute approximate surface area is 109 Å². The molecule has 0 saturated carbocycles. The number of carbonyl (C=O) groups excluding carboxylic acids is 1. The molecule has 2 rings (SSSR count). The summed E-state index contributed by atoms with van der Waals surface area (Å²) in [5, 5.41) is 0. The highest BCUT2D eigenvalue weighted by Gasteiger charge is 2.37. The van der Waals surface area contributed by atoms with Crippen LogP contribution in [0.25, 0.3) is 0 Å². The van der Waals surface area contributed by atoms with E-state index in [1.807, 2.05) is 24.3 Å². The molecule has 0 radical (unpaired) electrons. The molecule has 1 aromatic carbocycles. The summed E-state index contributed by atoms with van der Waals surface area (Å²) in [6.07, 6.45) is 1.12. The molecular formula is C15H22N2O. The van der Waals surface area contributed by atoms with Gasteiger partial charge >= 0.3 is 0 Å². The summed E-state index contributed by atoms with van der Waals surface area (Å²) < 4.78 is 0. The minimum absolute atomic E-state index is 0.113. The van der Waals surface area contributed by atoms with Gasteiger partial charge in [0.2, 0.25) is 0 Å². The number of hydrogen-bond acceptors (Lipinski definition) is 3. The van der Waals surface area contributed by atoms with Gasteiger partial charge in [0.15, 0.2) is 5.78 Å². The van der Waals surface area contributed by atoms with E-state index in [4.69, 9.17) is 5.73 Å². The highest BCUT2D eigenvalue weighted by atomic mass is 16.1. The number of ketones is 1. The summed E-state index contributed by atoms with van der Waals surface area (Å²) in [7, 11) is 0. The Hall–Kier alpha value is -1.35. The third-order valence-corrected chi connectivity index (χ3v) is 3.88. The Morgan fingerprint density at radius 1 is 1.39 bits per heavy atom. The van der Waals surface area contributed by atoms with E-state index in [2.05, 4.69) is 18.7 Å². The molecule has 1 fully saturated rings. The van der Waals surface area contributed by atoms with E-state index in [-0.39, 0.29) is 11.3 Å². The maximum atomic E-state index is 11.3. The largest absolute Gasteiger partial charge is 0.366 e. The van der Waals surface area contributed by atoms with Crippen molar-refractivity contribution in [1.82, 2.24) is 0 Å². The maximum absolute atomic E-state index is 11.3. The fraction of sp³-hybridized carbons (Fsp3) is 0.533. The van der Waals surface area contributed by atoms with Crippen LogP contribution in [0.1, 0.15) is 37.6 Å². The van der Waals surface area contributed by atoms with Crippen molar-refractivity contribution >= 4 is 11.5 Å². The van der Waals surface area contributed by atoms with Gasteiger partial charge in [0, 0.05) is 23.3 Å². The van der Waals surface area contributed by atoms with E-state index in [9.17, 15) is 4.79 Å². The Balaban J connectivity index is 2.23. The number of benzene rings is 1. The van der Waals surface area contributed by atoms with Gasteiger partial charge in [-0.3, -0.25) is 4.79 Å². The summed E-state index contributed by atoms with van der Waals surface area (Å²) in [6.45, 7) is 7.84. The maximum Gasteiger partial charge on any atom is 0.159 e. The molecule has 3 nitrogen and oxygen atoms in total. The lowest BCUT2D eigenvalue weighted by atomic mass is 9.96. The summed E-state index contributed by atoms with van der Waals surface area (Å²) in [4.78, 5) is 13.7. The lowest BCUT2D eigenvalue weighted by Crippen LogP contribution is -2.38. The molecule has 3 heteroatoms. The number of hydrogen-bond donors (Lipinski definition) is 1. The first-order valence-corrected chi connectivity index (χ1v) is 6.53. The van der Waals surface area contributed by atoms with Crippen LogP contribution in [-0.4, -0.2) is 24.4 Å². The van der Waals surface area contributed by atoms with E-state index in [1.54, 1.807) is 6.92 Å². The molecule has 1 heterocycles. The third kappa shape index (κ3) is 2.41. The fourth-order valence-corrected chi connectivity index (χ4v) is 2.88. The van der Waals surface area contributed by atoms with Gasteiger partial charge in [0.25, 0.3) is 0 Å². The van der Waals surface area contributed by atoms with E-state index in [0.29, 0.717) is 5.92 Å². The zero-order valence-electron chi connectivity index (χ0n) is 11.4. The van der Waals surface area contributed by atoms with Crippen molar-refractivity contribution in [1.29, 1.82) is 0 Å². The van der Waals surface area contributed by atoms with Crippen LogP contribution in [0.3, 0.4) is 0 Å². The molecule has 0 bridgehead atoms. The van der Waals surface area contributed by atoms with Crippen LogP contribution in [-0.2, 0) is 0 Å². The minimum Gasteiger partial charge on any atom is -0.366 e. The second-order valence-corrected chi connectivity index (χ2v) is 5.83. The number of carbonyl (C=O) groups is 1. The van der Waals surface area contributed by atoms with Crippen molar-refractivity contribution in [3.05, 3.63) is 29.8 Å². The number of rotatable bonds is 3. The van der Waals surface area contributed by atoms with Crippen LogP contribution in [0, 0.1) is 5.92 Å². The standard InChI is InChI=1S/C15H22N2O/c1-11(18)13-4-6-14(7-5-13)17-10-12(9-16)8-15(17,2)3/h4-7,12H,8-10,16H2,1-3H3. The first kappa shape index (κ1) is 13.1. The molecular weight excluding hydrogens is 224 g/mol. The van der Waals surface area contributed by atoms with Gasteiger partial charge in [-0.1, -0.05) is 0 Å². The van der Waals surface area contributed by atoms with Crippen molar-refractivity contribution in [3.63, 3.8) is 0 Å². The van der Waals surface area contributed by atoms with Crippen molar-refractivity contribution in [3.8, 4) is 0 Å². The summed E-state index contributed by atoms with van der Waals surface area (Å²) in [5.74, 6) is 0.676. The molecule has 0 spiro atoms. The van der Waals surface area contributed by atoms with Crippen molar-refractivity contribution in [2.75, 3.05) is 18.0 Å². The molecule has 0 aromatic heterocycles. The van der Waals surface area contributed by atoms with Crippen LogP contribution in [0.2, 0.25) is 0 Å². The topological polar surface area (TPSA) is 46.3 Å². The summed E-state index contributed by atoms with van der Waals surface area (Å²) in [6, 6.07) is 7.89. The molecule has 0 aliphatic carbocycles. The van der Waals surface area contributed by atoms with Gasteiger partial charge in [-0.15, -0.1) is 0 Å². The third-order valence-electron chi connectivity index (χ3n) is 3.88. The molecule has 18 heavy (non-hydrogen) atoms. The highest BCUT2D eigenvalue weighted by molar-refractivity contribution is 5.94. The van der Waals surface area contributed by atoms with Crippen LogP contribution in [0.4, 0.5) is 5.69 Å². The SMILES string of the molecule is CC(=O)c1ccc(N2CC(CN)CC2(C)C)cc1. The predicted octanol–water partition coefficient (Wildman–Crippen LogP) is 2.45.